The molecule has 2 aromatic carbocycles. The first kappa shape index (κ1) is 17.8. The highest BCUT2D eigenvalue weighted by Gasteiger charge is 2.12. The average Bonchev–Trinajstić information content (AvgIpc) is 2.53. The molecule has 0 spiro atoms. The number of anilines is 1. The molecule has 0 saturated carbocycles. The number of aryl methyl sites for hydroxylation is 1. The molecule has 23 heavy (non-hydrogen) atoms. The van der Waals surface area contributed by atoms with Gasteiger partial charge in [0, 0.05) is 21.8 Å². The van der Waals surface area contributed by atoms with Gasteiger partial charge in [0.2, 0.25) is 5.91 Å². The van der Waals surface area contributed by atoms with E-state index in [1.807, 2.05) is 37.3 Å². The standard InChI is InChI=1S/C18H20Cl2N2O/c1-3-13-6-4-5-7-17(13)22-18(23)11-21-12(2)15-9-8-14(19)10-16(15)20/h4-10,12,21H,3,11H2,1-2H3,(H,22,23)/t12-/m1/s1. The number of benzene rings is 2. The summed E-state index contributed by atoms with van der Waals surface area (Å²) in [5.41, 5.74) is 2.89. The van der Waals surface area contributed by atoms with Crippen LogP contribution in [0.25, 0.3) is 0 Å². The summed E-state index contributed by atoms with van der Waals surface area (Å²) in [6.45, 7) is 4.23. The lowest BCUT2D eigenvalue weighted by atomic mass is 10.1. The Kier molecular flexibility index (Phi) is 6.46. The van der Waals surface area contributed by atoms with Crippen molar-refractivity contribution in [3.05, 3.63) is 63.6 Å². The lowest BCUT2D eigenvalue weighted by Crippen LogP contribution is -2.30. The third-order valence-electron chi connectivity index (χ3n) is 3.67. The minimum Gasteiger partial charge on any atom is -0.325 e. The molecule has 0 bridgehead atoms. The van der Waals surface area contributed by atoms with E-state index in [1.54, 1.807) is 12.1 Å². The molecule has 1 atom stereocenters. The van der Waals surface area contributed by atoms with E-state index in [0.29, 0.717) is 10.0 Å². The Hall–Kier alpha value is -1.55. The Bertz CT molecular complexity index is 688. The predicted octanol–water partition coefficient (Wildman–Crippen LogP) is 4.85. The zero-order chi connectivity index (χ0) is 16.8. The number of hydrogen-bond acceptors (Lipinski definition) is 2. The molecule has 2 N–H and O–H groups in total. The van der Waals surface area contributed by atoms with E-state index in [1.165, 1.54) is 0 Å². The highest BCUT2D eigenvalue weighted by atomic mass is 35.5. The molecule has 0 heterocycles. The number of carbonyl (C=O) groups is 1. The molecule has 2 rings (SSSR count). The van der Waals surface area contributed by atoms with Gasteiger partial charge in [0.1, 0.15) is 0 Å². The highest BCUT2D eigenvalue weighted by Crippen LogP contribution is 2.26. The largest absolute Gasteiger partial charge is 0.325 e. The first-order valence-electron chi connectivity index (χ1n) is 7.57. The fourth-order valence-electron chi connectivity index (χ4n) is 2.35. The lowest BCUT2D eigenvalue weighted by Gasteiger charge is -2.16. The predicted molar refractivity (Wildman–Crippen MR) is 97.3 cm³/mol. The van der Waals surface area contributed by atoms with Gasteiger partial charge in [0.15, 0.2) is 0 Å². The molecule has 0 saturated heterocycles. The molecule has 5 heteroatoms. The quantitative estimate of drug-likeness (QED) is 0.782. The molecular formula is C18H20Cl2N2O. The van der Waals surface area contributed by atoms with Crippen LogP contribution in [0.2, 0.25) is 10.0 Å². The van der Waals surface area contributed by atoms with Crippen molar-refractivity contribution in [2.75, 3.05) is 11.9 Å². The second kappa shape index (κ2) is 8.34. The monoisotopic (exact) mass is 350 g/mol. The van der Waals surface area contributed by atoms with Crippen LogP contribution in [-0.4, -0.2) is 12.5 Å². The molecule has 0 aromatic heterocycles. The summed E-state index contributed by atoms with van der Waals surface area (Å²) >= 11 is 12.1. The molecule has 2 aromatic rings. The molecule has 0 aliphatic heterocycles. The third-order valence-corrected chi connectivity index (χ3v) is 4.23. The van der Waals surface area contributed by atoms with E-state index < -0.39 is 0 Å². The first-order valence-corrected chi connectivity index (χ1v) is 8.33. The number of para-hydroxylation sites is 1. The Morgan fingerprint density at radius 3 is 2.61 bits per heavy atom. The summed E-state index contributed by atoms with van der Waals surface area (Å²) in [7, 11) is 0. The number of carbonyl (C=O) groups excluding carboxylic acids is 1. The van der Waals surface area contributed by atoms with Gasteiger partial charge in [0.25, 0.3) is 0 Å². The fourth-order valence-corrected chi connectivity index (χ4v) is 2.93. The second-order valence-corrected chi connectivity index (χ2v) is 6.17. The van der Waals surface area contributed by atoms with Crippen LogP contribution in [0.4, 0.5) is 5.69 Å². The smallest absolute Gasteiger partial charge is 0.238 e. The third kappa shape index (κ3) is 4.96. The van der Waals surface area contributed by atoms with Crippen LogP contribution < -0.4 is 10.6 Å². The Morgan fingerprint density at radius 2 is 1.91 bits per heavy atom. The number of rotatable bonds is 6. The molecule has 122 valence electrons. The minimum absolute atomic E-state index is 0.0491. The zero-order valence-corrected chi connectivity index (χ0v) is 14.7. The minimum atomic E-state index is -0.0807. The van der Waals surface area contributed by atoms with E-state index in [2.05, 4.69) is 17.6 Å². The van der Waals surface area contributed by atoms with Gasteiger partial charge in [-0.2, -0.15) is 0 Å². The van der Waals surface area contributed by atoms with Crippen molar-refractivity contribution >= 4 is 34.8 Å². The van der Waals surface area contributed by atoms with Crippen LogP contribution in [0.15, 0.2) is 42.5 Å². The van der Waals surface area contributed by atoms with E-state index in [4.69, 9.17) is 23.2 Å². The normalized spacial score (nSPS) is 12.0. The van der Waals surface area contributed by atoms with Crippen molar-refractivity contribution in [2.24, 2.45) is 0 Å². The van der Waals surface area contributed by atoms with Crippen LogP contribution in [0, 0.1) is 0 Å². The lowest BCUT2D eigenvalue weighted by molar-refractivity contribution is -0.115. The molecule has 1 amide bonds. The Labute approximate surface area is 147 Å². The van der Waals surface area contributed by atoms with E-state index in [9.17, 15) is 4.79 Å². The van der Waals surface area contributed by atoms with E-state index in [0.717, 1.165) is 23.2 Å². The van der Waals surface area contributed by atoms with Crippen LogP contribution in [0.3, 0.4) is 0 Å². The van der Waals surface area contributed by atoms with Crippen molar-refractivity contribution in [3.63, 3.8) is 0 Å². The van der Waals surface area contributed by atoms with Gasteiger partial charge < -0.3 is 10.6 Å². The summed E-state index contributed by atoms with van der Waals surface area (Å²) in [5.74, 6) is -0.0807. The van der Waals surface area contributed by atoms with Crippen molar-refractivity contribution in [1.82, 2.24) is 5.32 Å². The van der Waals surface area contributed by atoms with Gasteiger partial charge in [-0.3, -0.25) is 4.79 Å². The summed E-state index contributed by atoms with van der Waals surface area (Å²) in [4.78, 5) is 12.1. The summed E-state index contributed by atoms with van der Waals surface area (Å²) in [6, 6.07) is 13.1. The first-order chi connectivity index (χ1) is 11.0. The second-order valence-electron chi connectivity index (χ2n) is 5.33. The topological polar surface area (TPSA) is 41.1 Å². The Balaban J connectivity index is 1.93. The number of amides is 1. The zero-order valence-electron chi connectivity index (χ0n) is 13.2. The molecule has 0 aliphatic carbocycles. The maximum absolute atomic E-state index is 12.1. The van der Waals surface area contributed by atoms with Crippen LogP contribution in [0.5, 0.6) is 0 Å². The SMILES string of the molecule is CCc1ccccc1NC(=O)CN[C@H](C)c1ccc(Cl)cc1Cl. The van der Waals surface area contributed by atoms with Gasteiger partial charge in [-0.15, -0.1) is 0 Å². The van der Waals surface area contributed by atoms with E-state index in [-0.39, 0.29) is 18.5 Å². The van der Waals surface area contributed by atoms with E-state index >= 15 is 0 Å². The van der Waals surface area contributed by atoms with Gasteiger partial charge in [-0.25, -0.2) is 0 Å². The van der Waals surface area contributed by atoms with Gasteiger partial charge >= 0.3 is 0 Å². The van der Waals surface area contributed by atoms with Crippen molar-refractivity contribution < 1.29 is 4.79 Å². The Morgan fingerprint density at radius 1 is 1.17 bits per heavy atom. The highest BCUT2D eigenvalue weighted by molar-refractivity contribution is 6.35. The molecule has 0 radical (unpaired) electrons. The molecule has 0 fully saturated rings. The molecule has 0 unspecified atom stereocenters. The summed E-state index contributed by atoms with van der Waals surface area (Å²) < 4.78 is 0. The maximum Gasteiger partial charge on any atom is 0.238 e. The van der Waals surface area contributed by atoms with Crippen molar-refractivity contribution in [1.29, 1.82) is 0 Å². The van der Waals surface area contributed by atoms with Crippen LogP contribution in [0.1, 0.15) is 31.0 Å². The van der Waals surface area contributed by atoms with Gasteiger partial charge in [-0.1, -0.05) is 54.4 Å². The van der Waals surface area contributed by atoms with Crippen molar-refractivity contribution in [3.8, 4) is 0 Å². The van der Waals surface area contributed by atoms with Crippen LogP contribution in [-0.2, 0) is 11.2 Å². The molecule has 3 nitrogen and oxygen atoms in total. The number of halogens is 2. The van der Waals surface area contributed by atoms with Crippen LogP contribution >= 0.6 is 23.2 Å². The summed E-state index contributed by atoms with van der Waals surface area (Å²) in [6.07, 6.45) is 0.876. The van der Waals surface area contributed by atoms with Gasteiger partial charge in [0.05, 0.1) is 6.54 Å². The van der Waals surface area contributed by atoms with Gasteiger partial charge in [-0.05, 0) is 42.7 Å². The summed E-state index contributed by atoms with van der Waals surface area (Å²) in [5, 5.41) is 7.30. The average molecular weight is 351 g/mol. The number of nitrogens with one attached hydrogen (secondary N) is 2. The molecule has 0 aliphatic rings. The van der Waals surface area contributed by atoms with Crippen molar-refractivity contribution in [2.45, 2.75) is 26.3 Å². The number of hydrogen-bond donors (Lipinski definition) is 2. The maximum atomic E-state index is 12.1. The fraction of sp³-hybridized carbons (Fsp3) is 0.278. The molecular weight excluding hydrogens is 331 g/mol.